The number of benzene rings is 1. The number of primary amides is 1. The Kier molecular flexibility index (Phi) is 3.46. The Morgan fingerprint density at radius 2 is 2.00 bits per heavy atom. The van der Waals surface area contributed by atoms with Crippen LogP contribution in [0.5, 0.6) is 0 Å². The number of halogens is 1. The lowest BCUT2D eigenvalue weighted by molar-refractivity contribution is -0.147. The predicted molar refractivity (Wildman–Crippen MR) is 64.5 cm³/mol. The van der Waals surface area contributed by atoms with E-state index in [2.05, 4.69) is 0 Å². The van der Waals surface area contributed by atoms with Crippen molar-refractivity contribution in [2.45, 2.75) is 0 Å². The molecule has 0 bridgehead atoms. The fourth-order valence-electron chi connectivity index (χ4n) is 1.90. The Hall–Kier alpha value is -2.44. The zero-order chi connectivity index (χ0) is 14.0. The van der Waals surface area contributed by atoms with Gasteiger partial charge in [-0.25, -0.2) is 4.39 Å². The smallest absolute Gasteiger partial charge is 0.316 e. The van der Waals surface area contributed by atoms with Gasteiger partial charge in [0.25, 0.3) is 0 Å². The first-order valence-electron chi connectivity index (χ1n) is 5.63. The van der Waals surface area contributed by atoms with Crippen molar-refractivity contribution in [3.63, 3.8) is 0 Å². The highest BCUT2D eigenvalue weighted by Crippen LogP contribution is 2.18. The molecule has 1 saturated heterocycles. The van der Waals surface area contributed by atoms with Gasteiger partial charge in [-0.3, -0.25) is 14.4 Å². The van der Waals surface area contributed by atoms with Crippen molar-refractivity contribution in [3.05, 3.63) is 30.1 Å². The van der Waals surface area contributed by atoms with Gasteiger partial charge in [0.2, 0.25) is 5.91 Å². The molecule has 0 unspecified atom stereocenters. The van der Waals surface area contributed by atoms with Crippen molar-refractivity contribution in [2.75, 3.05) is 24.5 Å². The summed E-state index contributed by atoms with van der Waals surface area (Å²) in [6, 6.07) is 5.42. The van der Waals surface area contributed by atoms with Crippen LogP contribution in [0.2, 0.25) is 0 Å². The number of amides is 3. The molecule has 6 nitrogen and oxygen atoms in total. The summed E-state index contributed by atoms with van der Waals surface area (Å²) in [6.07, 6.45) is 0. The van der Waals surface area contributed by atoms with Crippen LogP contribution in [-0.2, 0) is 14.4 Å². The van der Waals surface area contributed by atoms with Gasteiger partial charge < -0.3 is 15.5 Å². The largest absolute Gasteiger partial charge is 0.368 e. The second kappa shape index (κ2) is 5.05. The van der Waals surface area contributed by atoms with Gasteiger partial charge in [-0.2, -0.15) is 0 Å². The van der Waals surface area contributed by atoms with Crippen LogP contribution < -0.4 is 10.6 Å². The zero-order valence-electron chi connectivity index (χ0n) is 10.0. The van der Waals surface area contributed by atoms with Gasteiger partial charge >= 0.3 is 11.8 Å². The Morgan fingerprint density at radius 3 is 2.63 bits per heavy atom. The quantitative estimate of drug-likeness (QED) is 0.747. The van der Waals surface area contributed by atoms with Crippen molar-refractivity contribution in [3.8, 4) is 0 Å². The Bertz CT molecular complexity index is 547. The standard InChI is InChI=1S/C12H12FN3O3/c13-8-2-1-3-9(6-8)16-5-4-15(7-10(14)17)11(18)12(16)19/h1-3,6H,4-5,7H2,(H2,14,17). The summed E-state index contributed by atoms with van der Waals surface area (Å²) in [6.45, 7) is 0.0902. The van der Waals surface area contributed by atoms with Crippen LogP contribution in [0, 0.1) is 5.82 Å². The lowest BCUT2D eigenvalue weighted by Crippen LogP contribution is -2.56. The lowest BCUT2D eigenvalue weighted by Gasteiger charge is -2.33. The van der Waals surface area contributed by atoms with Crippen LogP contribution in [-0.4, -0.2) is 42.3 Å². The van der Waals surface area contributed by atoms with Gasteiger partial charge in [0.15, 0.2) is 0 Å². The van der Waals surface area contributed by atoms with Crippen molar-refractivity contribution in [1.82, 2.24) is 4.90 Å². The number of carbonyl (C=O) groups is 3. The van der Waals surface area contributed by atoms with Crippen molar-refractivity contribution < 1.29 is 18.8 Å². The number of rotatable bonds is 3. The summed E-state index contributed by atoms with van der Waals surface area (Å²) in [5.41, 5.74) is 5.31. The van der Waals surface area contributed by atoms with Crippen LogP contribution in [0.3, 0.4) is 0 Å². The van der Waals surface area contributed by atoms with Crippen LogP contribution in [0.25, 0.3) is 0 Å². The van der Waals surface area contributed by atoms with E-state index in [1.54, 1.807) is 0 Å². The highest BCUT2D eigenvalue weighted by atomic mass is 19.1. The minimum atomic E-state index is -0.811. The Balaban J connectivity index is 2.17. The molecular weight excluding hydrogens is 253 g/mol. The fourth-order valence-corrected chi connectivity index (χ4v) is 1.90. The molecule has 100 valence electrons. The molecule has 0 saturated carbocycles. The summed E-state index contributed by atoms with van der Waals surface area (Å²) < 4.78 is 13.1. The number of nitrogens with zero attached hydrogens (tertiary/aromatic N) is 2. The minimum absolute atomic E-state index is 0.185. The SMILES string of the molecule is NC(=O)CN1CCN(c2cccc(F)c2)C(=O)C1=O. The second-order valence-electron chi connectivity index (χ2n) is 4.13. The summed E-state index contributed by atoms with van der Waals surface area (Å²) in [5, 5.41) is 0. The highest BCUT2D eigenvalue weighted by Gasteiger charge is 2.33. The molecule has 1 aliphatic heterocycles. The van der Waals surface area contributed by atoms with Crippen LogP contribution in [0.1, 0.15) is 0 Å². The minimum Gasteiger partial charge on any atom is -0.368 e. The maximum absolute atomic E-state index is 13.1. The number of carbonyl (C=O) groups excluding carboxylic acids is 3. The topological polar surface area (TPSA) is 83.7 Å². The van der Waals surface area contributed by atoms with E-state index in [9.17, 15) is 18.8 Å². The summed E-state index contributed by atoms with van der Waals surface area (Å²) in [7, 11) is 0. The van der Waals surface area contributed by atoms with Crippen LogP contribution in [0.4, 0.5) is 10.1 Å². The molecule has 0 spiro atoms. The number of nitrogens with two attached hydrogens (primary N) is 1. The van der Waals surface area contributed by atoms with Crippen molar-refractivity contribution in [2.24, 2.45) is 5.73 Å². The maximum atomic E-state index is 13.1. The average molecular weight is 265 g/mol. The van der Waals surface area contributed by atoms with E-state index in [0.717, 1.165) is 4.90 Å². The normalized spacial score (nSPS) is 15.8. The second-order valence-corrected chi connectivity index (χ2v) is 4.13. The molecule has 1 heterocycles. The van der Waals surface area contributed by atoms with Gasteiger partial charge in [-0.05, 0) is 18.2 Å². The molecule has 19 heavy (non-hydrogen) atoms. The van der Waals surface area contributed by atoms with Gasteiger partial charge in [-0.1, -0.05) is 6.07 Å². The highest BCUT2D eigenvalue weighted by molar-refractivity contribution is 6.41. The molecule has 7 heteroatoms. The summed E-state index contributed by atoms with van der Waals surface area (Å²) in [4.78, 5) is 36.7. The van der Waals surface area contributed by atoms with E-state index >= 15 is 0 Å². The zero-order valence-corrected chi connectivity index (χ0v) is 10.0. The third kappa shape index (κ3) is 2.70. The number of piperazine rings is 1. The van der Waals surface area contributed by atoms with E-state index < -0.39 is 23.5 Å². The van der Waals surface area contributed by atoms with E-state index in [0.29, 0.717) is 5.69 Å². The summed E-state index contributed by atoms with van der Waals surface area (Å²) in [5.74, 6) is -2.77. The van der Waals surface area contributed by atoms with Crippen LogP contribution >= 0.6 is 0 Å². The third-order valence-electron chi connectivity index (χ3n) is 2.78. The molecule has 2 rings (SSSR count). The third-order valence-corrected chi connectivity index (χ3v) is 2.78. The first kappa shape index (κ1) is 13.0. The number of anilines is 1. The summed E-state index contributed by atoms with van der Waals surface area (Å²) >= 11 is 0. The van der Waals surface area contributed by atoms with Crippen molar-refractivity contribution >= 4 is 23.4 Å². The van der Waals surface area contributed by atoms with E-state index in [1.165, 1.54) is 29.2 Å². The first-order valence-corrected chi connectivity index (χ1v) is 5.63. The molecule has 1 aromatic rings. The monoisotopic (exact) mass is 265 g/mol. The molecule has 1 aromatic carbocycles. The van der Waals surface area contributed by atoms with Crippen LogP contribution in [0.15, 0.2) is 24.3 Å². The van der Waals surface area contributed by atoms with Gasteiger partial charge in [0.05, 0.1) is 6.54 Å². The number of hydrogen-bond donors (Lipinski definition) is 1. The first-order chi connectivity index (χ1) is 8.99. The van der Waals surface area contributed by atoms with Gasteiger partial charge in [0, 0.05) is 18.8 Å². The molecule has 2 N–H and O–H groups in total. The molecule has 0 aromatic heterocycles. The van der Waals surface area contributed by atoms with Gasteiger partial charge in [0.1, 0.15) is 5.82 Å². The number of hydrogen-bond acceptors (Lipinski definition) is 3. The fraction of sp³-hybridized carbons (Fsp3) is 0.250. The molecule has 1 fully saturated rings. The van der Waals surface area contributed by atoms with E-state index in [4.69, 9.17) is 5.73 Å². The molecule has 3 amide bonds. The molecular formula is C12H12FN3O3. The Morgan fingerprint density at radius 1 is 1.26 bits per heavy atom. The molecule has 0 aliphatic carbocycles. The van der Waals surface area contributed by atoms with E-state index in [-0.39, 0.29) is 19.6 Å². The lowest BCUT2D eigenvalue weighted by atomic mass is 10.2. The van der Waals surface area contributed by atoms with Gasteiger partial charge in [-0.15, -0.1) is 0 Å². The molecule has 0 atom stereocenters. The predicted octanol–water partition coefficient (Wildman–Crippen LogP) is -0.514. The van der Waals surface area contributed by atoms with E-state index in [1.807, 2.05) is 0 Å². The van der Waals surface area contributed by atoms with Crippen molar-refractivity contribution in [1.29, 1.82) is 0 Å². The molecule has 0 radical (unpaired) electrons. The Labute approximate surface area is 108 Å². The molecule has 1 aliphatic rings. The maximum Gasteiger partial charge on any atom is 0.316 e. The average Bonchev–Trinajstić information content (AvgIpc) is 2.35.